The number of rotatable bonds is 3. The Bertz CT molecular complexity index is 402. The zero-order valence-electron chi connectivity index (χ0n) is 8.27. The number of ether oxygens (including phenoxy) is 1. The Labute approximate surface area is 95.0 Å². The third kappa shape index (κ3) is 3.41. The second-order valence-corrected chi connectivity index (χ2v) is 3.48. The molecule has 0 aliphatic carbocycles. The molecule has 0 atom stereocenters. The maximum Gasteiger partial charge on any atom is 0.422 e. The van der Waals surface area contributed by atoms with Crippen LogP contribution in [0.4, 0.5) is 13.2 Å². The predicted molar refractivity (Wildman–Crippen MR) is 53.0 cm³/mol. The Morgan fingerprint density at radius 3 is 2.56 bits per heavy atom. The molecule has 0 aliphatic rings. The fraction of sp³-hybridized carbons (Fsp3) is 0.300. The molecular formula is C10H8ClF3O2. The molecule has 0 fully saturated rings. The lowest BCUT2D eigenvalue weighted by Gasteiger charge is -2.12. The summed E-state index contributed by atoms with van der Waals surface area (Å²) in [6.07, 6.45) is -4.47. The Morgan fingerprint density at radius 2 is 2.06 bits per heavy atom. The third-order valence-electron chi connectivity index (χ3n) is 1.73. The molecule has 1 aromatic carbocycles. The summed E-state index contributed by atoms with van der Waals surface area (Å²) >= 11 is 5.66. The molecule has 1 rings (SSSR count). The summed E-state index contributed by atoms with van der Waals surface area (Å²) in [5.41, 5.74) is 0.0387. The van der Waals surface area contributed by atoms with Crippen molar-refractivity contribution in [3.63, 3.8) is 0 Å². The van der Waals surface area contributed by atoms with Gasteiger partial charge in [-0.2, -0.15) is 13.2 Å². The van der Waals surface area contributed by atoms with E-state index in [1.165, 1.54) is 25.1 Å². The molecule has 0 aromatic heterocycles. The number of alkyl halides is 3. The maximum absolute atomic E-state index is 12.0. The normalized spacial score (nSPS) is 11.3. The highest BCUT2D eigenvalue weighted by atomic mass is 35.5. The minimum atomic E-state index is -4.47. The summed E-state index contributed by atoms with van der Waals surface area (Å²) in [6.45, 7) is -0.247. The van der Waals surface area contributed by atoms with E-state index in [2.05, 4.69) is 4.74 Å². The summed E-state index contributed by atoms with van der Waals surface area (Å²) in [7, 11) is 0. The summed E-state index contributed by atoms with van der Waals surface area (Å²) in [4.78, 5) is 11.1. The first-order chi connectivity index (χ1) is 7.31. The first kappa shape index (κ1) is 12.8. The van der Waals surface area contributed by atoms with E-state index in [0.717, 1.165) is 0 Å². The maximum atomic E-state index is 12.0. The van der Waals surface area contributed by atoms with Gasteiger partial charge >= 0.3 is 6.18 Å². The molecule has 6 heteroatoms. The monoisotopic (exact) mass is 252 g/mol. The van der Waals surface area contributed by atoms with Crippen LogP contribution in [0.25, 0.3) is 0 Å². The average Bonchev–Trinajstić information content (AvgIpc) is 2.13. The number of hydrogen-bond donors (Lipinski definition) is 0. The largest absolute Gasteiger partial charge is 0.482 e. The van der Waals surface area contributed by atoms with E-state index >= 15 is 0 Å². The van der Waals surface area contributed by atoms with E-state index in [1.807, 2.05) is 0 Å². The SMILES string of the molecule is CC(=O)c1cccc(Cl)c1OCC(F)(F)F. The number of benzene rings is 1. The van der Waals surface area contributed by atoms with E-state index in [0.29, 0.717) is 0 Å². The minimum Gasteiger partial charge on any atom is -0.482 e. The summed E-state index contributed by atoms with van der Waals surface area (Å²) in [6, 6.07) is 4.19. The van der Waals surface area contributed by atoms with Crippen LogP contribution in [0.15, 0.2) is 18.2 Å². The lowest BCUT2D eigenvalue weighted by molar-refractivity contribution is -0.153. The topological polar surface area (TPSA) is 26.3 Å². The van der Waals surface area contributed by atoms with Crippen LogP contribution in [-0.2, 0) is 0 Å². The fourth-order valence-corrected chi connectivity index (χ4v) is 1.32. The molecule has 0 saturated carbocycles. The van der Waals surface area contributed by atoms with E-state index in [9.17, 15) is 18.0 Å². The number of ketones is 1. The first-order valence-electron chi connectivity index (χ1n) is 4.30. The molecule has 0 bridgehead atoms. The van der Waals surface area contributed by atoms with Crippen molar-refractivity contribution in [3.8, 4) is 5.75 Å². The van der Waals surface area contributed by atoms with Crippen molar-refractivity contribution in [1.82, 2.24) is 0 Å². The zero-order valence-corrected chi connectivity index (χ0v) is 9.02. The van der Waals surface area contributed by atoms with E-state index in [-0.39, 0.29) is 16.3 Å². The molecule has 0 heterocycles. The summed E-state index contributed by atoms with van der Waals surface area (Å²) in [5.74, 6) is -0.631. The molecule has 0 amide bonds. The molecule has 0 saturated heterocycles. The number of para-hydroxylation sites is 1. The van der Waals surface area contributed by atoms with Crippen LogP contribution >= 0.6 is 11.6 Å². The number of carbonyl (C=O) groups is 1. The van der Waals surface area contributed by atoms with Gasteiger partial charge in [-0.1, -0.05) is 17.7 Å². The van der Waals surface area contributed by atoms with Gasteiger partial charge in [-0.25, -0.2) is 0 Å². The van der Waals surface area contributed by atoms with Crippen LogP contribution in [0.5, 0.6) is 5.75 Å². The molecule has 0 aliphatic heterocycles. The van der Waals surface area contributed by atoms with Gasteiger partial charge in [-0.05, 0) is 19.1 Å². The standard InChI is InChI=1S/C10H8ClF3O2/c1-6(15)7-3-2-4-8(11)9(7)16-5-10(12,13)14/h2-4H,5H2,1H3. The van der Waals surface area contributed by atoms with Crippen molar-refractivity contribution in [2.75, 3.05) is 6.61 Å². The molecule has 0 unspecified atom stereocenters. The Kier molecular flexibility index (Phi) is 3.80. The molecule has 0 spiro atoms. The van der Waals surface area contributed by atoms with Gasteiger partial charge < -0.3 is 4.74 Å². The quantitative estimate of drug-likeness (QED) is 0.770. The second kappa shape index (κ2) is 4.74. The summed E-state index contributed by atoms with van der Waals surface area (Å²) < 4.78 is 40.4. The van der Waals surface area contributed by atoms with Crippen LogP contribution in [-0.4, -0.2) is 18.6 Å². The summed E-state index contributed by atoms with van der Waals surface area (Å²) in [5, 5.41) is -0.0167. The van der Waals surface area contributed by atoms with Gasteiger partial charge in [-0.15, -0.1) is 0 Å². The van der Waals surface area contributed by atoms with E-state index in [1.54, 1.807) is 0 Å². The van der Waals surface area contributed by atoms with Crippen molar-refractivity contribution in [3.05, 3.63) is 28.8 Å². The molecule has 0 radical (unpaired) electrons. The van der Waals surface area contributed by atoms with E-state index in [4.69, 9.17) is 11.6 Å². The molecule has 0 N–H and O–H groups in total. The molecule has 1 aromatic rings. The van der Waals surface area contributed by atoms with Gasteiger partial charge in [0.25, 0.3) is 0 Å². The van der Waals surface area contributed by atoms with Crippen LogP contribution in [0.1, 0.15) is 17.3 Å². The average molecular weight is 253 g/mol. The Morgan fingerprint density at radius 1 is 1.44 bits per heavy atom. The Hall–Kier alpha value is -1.23. The van der Waals surface area contributed by atoms with Crippen molar-refractivity contribution >= 4 is 17.4 Å². The highest BCUT2D eigenvalue weighted by molar-refractivity contribution is 6.32. The lowest BCUT2D eigenvalue weighted by atomic mass is 10.1. The molecule has 16 heavy (non-hydrogen) atoms. The number of Topliss-reactive ketones (excluding diaryl/α,β-unsaturated/α-hetero) is 1. The van der Waals surface area contributed by atoms with Gasteiger partial charge in [0.1, 0.15) is 5.75 Å². The Balaban J connectivity index is 2.98. The van der Waals surface area contributed by atoms with Crippen LogP contribution in [0.2, 0.25) is 5.02 Å². The van der Waals surface area contributed by atoms with Gasteiger partial charge in [0.05, 0.1) is 10.6 Å². The number of hydrogen-bond acceptors (Lipinski definition) is 2. The fourth-order valence-electron chi connectivity index (χ4n) is 1.09. The number of halogens is 4. The lowest BCUT2D eigenvalue weighted by Crippen LogP contribution is -2.20. The van der Waals surface area contributed by atoms with Crippen molar-refractivity contribution in [2.24, 2.45) is 0 Å². The minimum absolute atomic E-state index is 0.0167. The second-order valence-electron chi connectivity index (χ2n) is 3.08. The van der Waals surface area contributed by atoms with E-state index < -0.39 is 18.6 Å². The van der Waals surface area contributed by atoms with Gasteiger partial charge in [0.2, 0.25) is 0 Å². The molecule has 88 valence electrons. The highest BCUT2D eigenvalue weighted by Crippen LogP contribution is 2.30. The van der Waals surface area contributed by atoms with Crippen molar-refractivity contribution in [2.45, 2.75) is 13.1 Å². The van der Waals surface area contributed by atoms with Crippen molar-refractivity contribution in [1.29, 1.82) is 0 Å². The molecule has 2 nitrogen and oxygen atoms in total. The van der Waals surface area contributed by atoms with Gasteiger partial charge in [0, 0.05) is 0 Å². The van der Waals surface area contributed by atoms with Gasteiger partial charge in [-0.3, -0.25) is 4.79 Å². The van der Waals surface area contributed by atoms with Crippen LogP contribution in [0.3, 0.4) is 0 Å². The first-order valence-corrected chi connectivity index (χ1v) is 4.68. The third-order valence-corrected chi connectivity index (χ3v) is 2.02. The van der Waals surface area contributed by atoms with Crippen LogP contribution in [0, 0.1) is 0 Å². The smallest absolute Gasteiger partial charge is 0.422 e. The van der Waals surface area contributed by atoms with Crippen LogP contribution < -0.4 is 4.74 Å². The van der Waals surface area contributed by atoms with Crippen molar-refractivity contribution < 1.29 is 22.7 Å². The highest BCUT2D eigenvalue weighted by Gasteiger charge is 2.29. The number of carbonyl (C=O) groups excluding carboxylic acids is 1. The van der Waals surface area contributed by atoms with Gasteiger partial charge in [0.15, 0.2) is 12.4 Å². The predicted octanol–water partition coefficient (Wildman–Crippen LogP) is 3.48. The zero-order chi connectivity index (χ0) is 12.3. The molecular weight excluding hydrogens is 245 g/mol.